The van der Waals surface area contributed by atoms with Crippen LogP contribution in [0, 0.1) is 0 Å². The summed E-state index contributed by atoms with van der Waals surface area (Å²) in [6.07, 6.45) is 11.8. The predicted molar refractivity (Wildman–Crippen MR) is 169 cm³/mol. The summed E-state index contributed by atoms with van der Waals surface area (Å²) in [7, 11) is 0. The Morgan fingerprint density at radius 2 is 0.952 bits per heavy atom. The minimum absolute atomic E-state index is 0.655. The summed E-state index contributed by atoms with van der Waals surface area (Å²) in [6, 6.07) is 37.3. The first-order chi connectivity index (χ1) is 20.8. The maximum Gasteiger partial charge on any atom is 0.164 e. The van der Waals surface area contributed by atoms with Crippen molar-refractivity contribution in [3.63, 3.8) is 0 Å². The van der Waals surface area contributed by atoms with Gasteiger partial charge in [-0.25, -0.2) is 24.9 Å². The lowest BCUT2D eigenvalue weighted by Crippen LogP contribution is -2.04. The third-order valence-corrected chi connectivity index (χ3v) is 7.31. The lowest BCUT2D eigenvalue weighted by atomic mass is 9.95. The van der Waals surface area contributed by atoms with Gasteiger partial charge in [-0.2, -0.15) is 0 Å². The van der Waals surface area contributed by atoms with Crippen molar-refractivity contribution in [3.8, 4) is 56.4 Å². The van der Waals surface area contributed by atoms with Crippen molar-refractivity contribution in [2.45, 2.75) is 12.8 Å². The minimum atomic E-state index is 0.655. The number of allylic oxidation sites excluding steroid dienone is 4. The average molecular weight is 542 g/mol. The highest BCUT2D eigenvalue weighted by Crippen LogP contribution is 2.34. The summed E-state index contributed by atoms with van der Waals surface area (Å²) < 4.78 is 0. The molecule has 0 unspecified atom stereocenters. The van der Waals surface area contributed by atoms with Crippen molar-refractivity contribution in [1.29, 1.82) is 0 Å². The van der Waals surface area contributed by atoms with Gasteiger partial charge in [0.05, 0.1) is 0 Å². The number of benzene rings is 4. The van der Waals surface area contributed by atoms with Gasteiger partial charge in [0.25, 0.3) is 0 Å². The van der Waals surface area contributed by atoms with Crippen molar-refractivity contribution in [2.75, 3.05) is 0 Å². The van der Waals surface area contributed by atoms with Crippen molar-refractivity contribution in [3.05, 3.63) is 146 Å². The third-order valence-electron chi connectivity index (χ3n) is 7.31. The highest BCUT2D eigenvalue weighted by atomic mass is 15.0. The molecule has 1 aliphatic rings. The molecule has 4 aromatic carbocycles. The van der Waals surface area contributed by atoms with E-state index >= 15 is 0 Å². The lowest BCUT2D eigenvalue weighted by Gasteiger charge is -2.14. The zero-order valence-corrected chi connectivity index (χ0v) is 22.9. The van der Waals surface area contributed by atoms with Gasteiger partial charge in [-0.3, -0.25) is 0 Å². The van der Waals surface area contributed by atoms with E-state index in [9.17, 15) is 0 Å². The quantitative estimate of drug-likeness (QED) is 0.211. The lowest BCUT2D eigenvalue weighted by molar-refractivity contribution is 0.978. The van der Waals surface area contributed by atoms with Gasteiger partial charge in [0.2, 0.25) is 0 Å². The average Bonchev–Trinajstić information content (AvgIpc) is 3.09. The van der Waals surface area contributed by atoms with Gasteiger partial charge in [-0.15, -0.1) is 0 Å². The van der Waals surface area contributed by atoms with Gasteiger partial charge in [-0.05, 0) is 64.9 Å². The van der Waals surface area contributed by atoms with Crippen LogP contribution in [0.2, 0.25) is 0 Å². The second-order valence-electron chi connectivity index (χ2n) is 10.1. The SMILES string of the molecule is C1=CCCC(c2nc(-c3ccccc3)nc(-c3cc(-c4ccccc4)cc(-c4ccc(-c5ncccn5)cc4)c3)n2)=C1. The second-order valence-corrected chi connectivity index (χ2v) is 10.1. The van der Waals surface area contributed by atoms with Gasteiger partial charge >= 0.3 is 0 Å². The molecular formula is C37H27N5. The number of rotatable bonds is 6. The molecule has 0 N–H and O–H groups in total. The van der Waals surface area contributed by atoms with Gasteiger partial charge in [-0.1, -0.05) is 103 Å². The molecule has 0 aliphatic heterocycles. The van der Waals surface area contributed by atoms with Gasteiger partial charge in [0.1, 0.15) is 0 Å². The summed E-state index contributed by atoms with van der Waals surface area (Å²) >= 11 is 0. The van der Waals surface area contributed by atoms with Crippen molar-refractivity contribution in [1.82, 2.24) is 24.9 Å². The fraction of sp³-hybridized carbons (Fsp3) is 0.0541. The van der Waals surface area contributed by atoms with Crippen LogP contribution in [0.1, 0.15) is 18.7 Å². The molecule has 2 aromatic heterocycles. The Labute approximate surface area is 245 Å². The van der Waals surface area contributed by atoms with Crippen LogP contribution in [-0.4, -0.2) is 24.9 Å². The molecule has 2 heterocycles. The monoisotopic (exact) mass is 541 g/mol. The summed E-state index contributed by atoms with van der Waals surface area (Å²) in [4.78, 5) is 23.8. The Kier molecular flexibility index (Phi) is 6.97. The number of hydrogen-bond donors (Lipinski definition) is 0. The van der Waals surface area contributed by atoms with Crippen LogP contribution in [0.25, 0.3) is 62.0 Å². The molecule has 1 aliphatic carbocycles. The van der Waals surface area contributed by atoms with Gasteiger partial charge < -0.3 is 0 Å². The van der Waals surface area contributed by atoms with Crippen LogP contribution in [-0.2, 0) is 0 Å². The first kappa shape index (κ1) is 25.4. The largest absolute Gasteiger partial charge is 0.237 e. The minimum Gasteiger partial charge on any atom is -0.237 e. The fourth-order valence-corrected chi connectivity index (χ4v) is 5.13. The zero-order valence-electron chi connectivity index (χ0n) is 22.9. The van der Waals surface area contributed by atoms with Crippen LogP contribution in [0.15, 0.2) is 140 Å². The molecule has 0 radical (unpaired) electrons. The molecule has 0 saturated carbocycles. The molecular weight excluding hydrogens is 514 g/mol. The molecule has 0 bridgehead atoms. The topological polar surface area (TPSA) is 64.5 Å². The molecule has 42 heavy (non-hydrogen) atoms. The number of nitrogens with zero attached hydrogens (tertiary/aromatic N) is 5. The Morgan fingerprint density at radius 1 is 0.429 bits per heavy atom. The maximum atomic E-state index is 5.04. The van der Waals surface area contributed by atoms with Crippen LogP contribution >= 0.6 is 0 Å². The van der Waals surface area contributed by atoms with E-state index in [0.29, 0.717) is 17.5 Å². The summed E-state index contributed by atoms with van der Waals surface area (Å²) in [5, 5.41) is 0. The van der Waals surface area contributed by atoms with E-state index in [1.165, 1.54) is 0 Å². The van der Waals surface area contributed by atoms with E-state index in [2.05, 4.69) is 94.9 Å². The Hall–Kier alpha value is -5.55. The highest BCUT2D eigenvalue weighted by Gasteiger charge is 2.16. The molecule has 0 amide bonds. The van der Waals surface area contributed by atoms with Crippen LogP contribution in [0.3, 0.4) is 0 Å². The van der Waals surface area contributed by atoms with E-state index < -0.39 is 0 Å². The summed E-state index contributed by atoms with van der Waals surface area (Å²) in [5.41, 5.74) is 8.40. The maximum absolute atomic E-state index is 5.04. The number of hydrogen-bond acceptors (Lipinski definition) is 5. The zero-order chi connectivity index (χ0) is 28.1. The number of aromatic nitrogens is 5. The van der Waals surface area contributed by atoms with E-state index in [4.69, 9.17) is 15.0 Å². The fourth-order valence-electron chi connectivity index (χ4n) is 5.13. The van der Waals surface area contributed by atoms with E-state index in [1.807, 2.05) is 42.5 Å². The van der Waals surface area contributed by atoms with E-state index in [0.717, 1.165) is 63.2 Å². The molecule has 0 saturated heterocycles. The van der Waals surface area contributed by atoms with Gasteiger partial charge in [0, 0.05) is 29.1 Å². The second kappa shape index (κ2) is 11.5. The molecule has 5 nitrogen and oxygen atoms in total. The van der Waals surface area contributed by atoms with E-state index in [1.54, 1.807) is 12.4 Å². The smallest absolute Gasteiger partial charge is 0.164 e. The van der Waals surface area contributed by atoms with Crippen LogP contribution in [0.4, 0.5) is 0 Å². The molecule has 200 valence electrons. The first-order valence-electron chi connectivity index (χ1n) is 14.1. The molecule has 0 spiro atoms. The summed E-state index contributed by atoms with van der Waals surface area (Å²) in [5.74, 6) is 2.76. The third kappa shape index (κ3) is 5.40. The standard InChI is InChI=1S/C37H27N5/c1-4-11-26(12-5-1)31-23-32(27-17-19-30(20-18-27)34-38-21-10-22-39-34)25-33(24-31)37-41-35(28-13-6-2-7-14-28)40-36(42-37)29-15-8-3-9-16-29/h1-8,10-15,17-25H,9,16H2. The summed E-state index contributed by atoms with van der Waals surface area (Å²) in [6.45, 7) is 0. The molecule has 5 heteroatoms. The van der Waals surface area contributed by atoms with Crippen molar-refractivity contribution >= 4 is 5.57 Å². The Morgan fingerprint density at radius 3 is 1.60 bits per heavy atom. The molecule has 6 aromatic rings. The normalized spacial score (nSPS) is 12.6. The van der Waals surface area contributed by atoms with Crippen molar-refractivity contribution in [2.24, 2.45) is 0 Å². The van der Waals surface area contributed by atoms with E-state index in [-0.39, 0.29) is 0 Å². The Balaban J connectivity index is 1.38. The molecule has 7 rings (SSSR count). The first-order valence-corrected chi connectivity index (χ1v) is 14.1. The predicted octanol–water partition coefficient (Wildman–Crippen LogP) is 8.73. The van der Waals surface area contributed by atoms with Crippen LogP contribution in [0.5, 0.6) is 0 Å². The highest BCUT2D eigenvalue weighted by molar-refractivity contribution is 5.81. The molecule has 0 fully saturated rings. The van der Waals surface area contributed by atoms with Crippen LogP contribution < -0.4 is 0 Å². The Bertz CT molecular complexity index is 1900. The molecule has 0 atom stereocenters. The van der Waals surface area contributed by atoms with Gasteiger partial charge in [0.15, 0.2) is 23.3 Å². The van der Waals surface area contributed by atoms with Crippen molar-refractivity contribution < 1.29 is 0 Å².